The fourth-order valence-electron chi connectivity index (χ4n) is 3.03. The second-order valence-electron chi connectivity index (χ2n) is 6.85. The Morgan fingerprint density at radius 3 is 2.80 bits per heavy atom. The van der Waals surface area contributed by atoms with Crippen molar-refractivity contribution >= 4 is 0 Å². The first kappa shape index (κ1) is 15.4. The zero-order valence-corrected chi connectivity index (χ0v) is 13.4. The van der Waals surface area contributed by atoms with E-state index in [1.54, 1.807) is 7.11 Å². The van der Waals surface area contributed by atoms with Crippen LogP contribution in [0, 0.1) is 11.3 Å². The molecule has 1 N–H and O–H groups in total. The Morgan fingerprint density at radius 2 is 2.20 bits per heavy atom. The van der Waals surface area contributed by atoms with Crippen LogP contribution in [-0.4, -0.2) is 30.7 Å². The van der Waals surface area contributed by atoms with Gasteiger partial charge in [-0.05, 0) is 49.8 Å². The van der Waals surface area contributed by atoms with Crippen molar-refractivity contribution in [2.24, 2.45) is 11.3 Å². The molecule has 0 aromatic carbocycles. The maximum atomic E-state index is 5.62. The molecule has 1 aromatic heterocycles. The highest BCUT2D eigenvalue weighted by Gasteiger charge is 2.30. The molecule has 0 radical (unpaired) electrons. The normalized spacial score (nSPS) is 20.6. The molecular formula is C16H27N3O. The van der Waals surface area contributed by atoms with E-state index >= 15 is 0 Å². The predicted molar refractivity (Wildman–Crippen MR) is 80.7 cm³/mol. The van der Waals surface area contributed by atoms with E-state index in [1.165, 1.54) is 17.7 Å². The Morgan fingerprint density at radius 1 is 1.45 bits per heavy atom. The van der Waals surface area contributed by atoms with E-state index in [0.29, 0.717) is 5.92 Å². The summed E-state index contributed by atoms with van der Waals surface area (Å²) in [6.07, 6.45) is 5.30. The van der Waals surface area contributed by atoms with E-state index < -0.39 is 0 Å². The molecule has 0 saturated heterocycles. The highest BCUT2D eigenvalue weighted by Crippen LogP contribution is 2.34. The van der Waals surface area contributed by atoms with Crippen LogP contribution < -0.4 is 5.32 Å². The van der Waals surface area contributed by atoms with Crippen LogP contribution in [0.4, 0.5) is 0 Å². The average Bonchev–Trinajstić information content (AvgIpc) is 2.38. The number of methoxy groups -OCH3 is 1. The van der Waals surface area contributed by atoms with Crippen LogP contribution >= 0.6 is 0 Å². The summed E-state index contributed by atoms with van der Waals surface area (Å²) in [5.41, 5.74) is 2.53. The average molecular weight is 277 g/mol. The lowest BCUT2D eigenvalue weighted by atomic mass is 9.86. The molecule has 2 atom stereocenters. The summed E-state index contributed by atoms with van der Waals surface area (Å²) in [4.78, 5) is 9.36. The molecule has 0 fully saturated rings. The van der Waals surface area contributed by atoms with E-state index in [1.807, 2.05) is 13.2 Å². The van der Waals surface area contributed by atoms with Crippen LogP contribution in [0.1, 0.15) is 50.4 Å². The minimum atomic E-state index is -0.0529. The molecule has 1 aliphatic carbocycles. The highest BCUT2D eigenvalue weighted by atomic mass is 16.5. The van der Waals surface area contributed by atoms with Crippen molar-refractivity contribution in [3.8, 4) is 0 Å². The van der Waals surface area contributed by atoms with Gasteiger partial charge in [0.1, 0.15) is 6.10 Å². The lowest BCUT2D eigenvalue weighted by Crippen LogP contribution is -2.27. The van der Waals surface area contributed by atoms with E-state index in [-0.39, 0.29) is 11.5 Å². The van der Waals surface area contributed by atoms with Crippen molar-refractivity contribution in [1.82, 2.24) is 15.3 Å². The van der Waals surface area contributed by atoms with E-state index in [0.717, 1.165) is 25.2 Å². The monoisotopic (exact) mass is 277 g/mol. The van der Waals surface area contributed by atoms with E-state index in [9.17, 15) is 0 Å². The van der Waals surface area contributed by atoms with Crippen molar-refractivity contribution in [2.45, 2.75) is 46.1 Å². The minimum Gasteiger partial charge on any atom is -0.373 e. The van der Waals surface area contributed by atoms with Gasteiger partial charge in [-0.2, -0.15) is 0 Å². The Kier molecular flexibility index (Phi) is 4.76. The zero-order chi connectivity index (χ0) is 14.8. The standard InChI is InChI=1S/C16H27N3O/c1-16(2,3)14(20-5)15-18-10-12-8-11(9-17-4)6-7-13(12)19-15/h10-11,14,17H,6-9H2,1-5H3. The highest BCUT2D eigenvalue weighted by molar-refractivity contribution is 5.22. The van der Waals surface area contributed by atoms with Crippen LogP contribution in [0.15, 0.2) is 6.20 Å². The molecule has 0 saturated carbocycles. The third-order valence-electron chi connectivity index (χ3n) is 4.02. The van der Waals surface area contributed by atoms with Gasteiger partial charge >= 0.3 is 0 Å². The quantitative estimate of drug-likeness (QED) is 0.918. The lowest BCUT2D eigenvalue weighted by Gasteiger charge is -2.29. The van der Waals surface area contributed by atoms with Gasteiger partial charge in [0.2, 0.25) is 0 Å². The summed E-state index contributed by atoms with van der Waals surface area (Å²) in [5.74, 6) is 1.54. The number of fused-ring (bicyclic) bond motifs is 1. The van der Waals surface area contributed by atoms with Gasteiger partial charge < -0.3 is 10.1 Å². The topological polar surface area (TPSA) is 47.0 Å². The van der Waals surface area contributed by atoms with Gasteiger partial charge in [-0.15, -0.1) is 0 Å². The number of aryl methyl sites for hydroxylation is 1. The molecule has 1 aliphatic rings. The number of ether oxygens (including phenoxy) is 1. The first-order valence-electron chi connectivity index (χ1n) is 7.47. The van der Waals surface area contributed by atoms with Gasteiger partial charge in [0, 0.05) is 19.0 Å². The third-order valence-corrected chi connectivity index (χ3v) is 4.02. The molecule has 2 rings (SSSR count). The van der Waals surface area contributed by atoms with Gasteiger partial charge in [0.05, 0.1) is 0 Å². The largest absolute Gasteiger partial charge is 0.373 e. The molecule has 1 heterocycles. The van der Waals surface area contributed by atoms with Gasteiger partial charge in [0.25, 0.3) is 0 Å². The Hall–Kier alpha value is -1.00. The molecule has 112 valence electrons. The molecule has 0 spiro atoms. The molecular weight excluding hydrogens is 250 g/mol. The maximum Gasteiger partial charge on any atom is 0.157 e. The fraction of sp³-hybridized carbons (Fsp3) is 0.750. The van der Waals surface area contributed by atoms with Crippen LogP contribution in [0.5, 0.6) is 0 Å². The summed E-state index contributed by atoms with van der Waals surface area (Å²) < 4.78 is 5.62. The molecule has 4 nitrogen and oxygen atoms in total. The SMILES string of the molecule is CNCC1CCc2nc(C(OC)C(C)(C)C)ncc2C1. The first-order chi connectivity index (χ1) is 9.45. The maximum absolute atomic E-state index is 5.62. The van der Waals surface area contributed by atoms with Crippen LogP contribution in [0.25, 0.3) is 0 Å². The van der Waals surface area contributed by atoms with Gasteiger partial charge in [0.15, 0.2) is 5.82 Å². The van der Waals surface area contributed by atoms with Crippen LogP contribution in [0.3, 0.4) is 0 Å². The smallest absolute Gasteiger partial charge is 0.157 e. The Bertz CT molecular complexity index is 454. The molecule has 1 aromatic rings. The predicted octanol–water partition coefficient (Wildman–Crippen LogP) is 2.53. The van der Waals surface area contributed by atoms with Crippen LogP contribution in [-0.2, 0) is 17.6 Å². The molecule has 20 heavy (non-hydrogen) atoms. The van der Waals surface area contributed by atoms with Crippen molar-refractivity contribution < 1.29 is 4.74 Å². The van der Waals surface area contributed by atoms with Crippen molar-refractivity contribution in [3.63, 3.8) is 0 Å². The Balaban J connectivity index is 2.21. The number of nitrogens with zero attached hydrogens (tertiary/aromatic N) is 2. The number of aromatic nitrogens is 2. The first-order valence-corrected chi connectivity index (χ1v) is 7.47. The number of nitrogens with one attached hydrogen (secondary N) is 1. The number of hydrogen-bond acceptors (Lipinski definition) is 4. The van der Waals surface area contributed by atoms with E-state index in [2.05, 4.69) is 31.1 Å². The molecule has 0 amide bonds. The summed E-state index contributed by atoms with van der Waals surface area (Å²) >= 11 is 0. The summed E-state index contributed by atoms with van der Waals surface area (Å²) in [7, 11) is 3.75. The molecule has 2 unspecified atom stereocenters. The molecule has 0 aliphatic heterocycles. The Labute approximate surface area is 122 Å². The number of rotatable bonds is 4. The fourth-order valence-corrected chi connectivity index (χ4v) is 3.03. The van der Waals surface area contributed by atoms with Crippen LogP contribution in [0.2, 0.25) is 0 Å². The van der Waals surface area contributed by atoms with Gasteiger partial charge in [-0.3, -0.25) is 0 Å². The van der Waals surface area contributed by atoms with E-state index in [4.69, 9.17) is 9.72 Å². The van der Waals surface area contributed by atoms with Crippen molar-refractivity contribution in [3.05, 3.63) is 23.3 Å². The summed E-state index contributed by atoms with van der Waals surface area (Å²) in [5, 5.41) is 3.27. The third kappa shape index (κ3) is 3.36. The van der Waals surface area contributed by atoms with Crippen molar-refractivity contribution in [2.75, 3.05) is 20.7 Å². The second-order valence-corrected chi connectivity index (χ2v) is 6.85. The summed E-state index contributed by atoms with van der Waals surface area (Å²) in [6.45, 7) is 7.55. The lowest BCUT2D eigenvalue weighted by molar-refractivity contribution is 0.00840. The number of hydrogen-bond donors (Lipinski definition) is 1. The second kappa shape index (κ2) is 6.19. The minimum absolute atomic E-state index is 0.00627. The molecule has 4 heteroatoms. The van der Waals surface area contributed by atoms with Crippen molar-refractivity contribution in [1.29, 1.82) is 0 Å². The summed E-state index contributed by atoms with van der Waals surface area (Å²) in [6, 6.07) is 0. The van der Waals surface area contributed by atoms with Gasteiger partial charge in [-0.1, -0.05) is 20.8 Å². The molecule has 0 bridgehead atoms. The van der Waals surface area contributed by atoms with Gasteiger partial charge in [-0.25, -0.2) is 9.97 Å². The zero-order valence-electron chi connectivity index (χ0n) is 13.4.